The molecule has 1 saturated heterocycles. The molecule has 30 heavy (non-hydrogen) atoms. The van der Waals surface area contributed by atoms with Gasteiger partial charge in [0.1, 0.15) is 10.6 Å². The molecule has 0 N–H and O–H groups in total. The van der Waals surface area contributed by atoms with E-state index in [-0.39, 0.29) is 41.3 Å². The number of sulfonamides is 1. The number of carbonyl (C=O) groups is 1. The monoisotopic (exact) mass is 450 g/mol. The van der Waals surface area contributed by atoms with E-state index >= 15 is 0 Å². The van der Waals surface area contributed by atoms with Gasteiger partial charge >= 0.3 is 0 Å². The lowest BCUT2D eigenvalue weighted by atomic mass is 10.00. The van der Waals surface area contributed by atoms with Crippen molar-refractivity contribution in [1.29, 1.82) is 0 Å². The molecule has 160 valence electrons. The SMILES string of the molecule is O=C(COc1ccc(Cl)cc1S(=O)(=O)N1CCOCC1)N1CCc2ccccc2C1. The van der Waals surface area contributed by atoms with Gasteiger partial charge in [-0.25, -0.2) is 8.42 Å². The van der Waals surface area contributed by atoms with Crippen LogP contribution in [0.5, 0.6) is 5.75 Å². The van der Waals surface area contributed by atoms with Crippen LogP contribution in [0.4, 0.5) is 0 Å². The fraction of sp³-hybridized carbons (Fsp3) is 0.381. The number of ether oxygens (including phenoxy) is 2. The predicted octanol–water partition coefficient (Wildman–Crippen LogP) is 2.32. The van der Waals surface area contributed by atoms with E-state index in [4.69, 9.17) is 21.1 Å². The molecule has 0 radical (unpaired) electrons. The zero-order valence-corrected chi connectivity index (χ0v) is 18.0. The van der Waals surface area contributed by atoms with Crippen LogP contribution < -0.4 is 4.74 Å². The van der Waals surface area contributed by atoms with Gasteiger partial charge in [0.15, 0.2) is 6.61 Å². The number of amides is 1. The van der Waals surface area contributed by atoms with Crippen LogP contribution in [-0.4, -0.2) is 63.0 Å². The molecular weight excluding hydrogens is 428 g/mol. The average Bonchev–Trinajstić information content (AvgIpc) is 2.78. The Hall–Kier alpha value is -2.13. The fourth-order valence-electron chi connectivity index (χ4n) is 3.67. The van der Waals surface area contributed by atoms with E-state index in [1.165, 1.54) is 22.0 Å². The van der Waals surface area contributed by atoms with Crippen LogP contribution in [0, 0.1) is 0 Å². The van der Waals surface area contributed by atoms with Crippen molar-refractivity contribution in [3.63, 3.8) is 0 Å². The van der Waals surface area contributed by atoms with E-state index in [0.29, 0.717) is 26.3 Å². The molecule has 0 aliphatic carbocycles. The molecule has 2 aliphatic rings. The van der Waals surface area contributed by atoms with E-state index in [2.05, 4.69) is 6.07 Å². The molecule has 0 atom stereocenters. The van der Waals surface area contributed by atoms with Crippen molar-refractivity contribution in [2.24, 2.45) is 0 Å². The highest BCUT2D eigenvalue weighted by atomic mass is 35.5. The summed E-state index contributed by atoms with van der Waals surface area (Å²) in [5, 5.41) is 0.285. The summed E-state index contributed by atoms with van der Waals surface area (Å²) in [5.41, 5.74) is 2.37. The maximum atomic E-state index is 13.1. The Kier molecular flexibility index (Phi) is 6.29. The van der Waals surface area contributed by atoms with Crippen molar-refractivity contribution >= 4 is 27.5 Å². The number of carbonyl (C=O) groups excluding carboxylic acids is 1. The van der Waals surface area contributed by atoms with Gasteiger partial charge < -0.3 is 14.4 Å². The van der Waals surface area contributed by atoms with Crippen LogP contribution in [-0.2, 0) is 32.5 Å². The maximum Gasteiger partial charge on any atom is 0.260 e. The number of nitrogens with zero attached hydrogens (tertiary/aromatic N) is 2. The van der Waals surface area contributed by atoms with E-state index in [1.807, 2.05) is 18.2 Å². The number of morpholine rings is 1. The lowest BCUT2D eigenvalue weighted by Crippen LogP contribution is -2.41. The van der Waals surface area contributed by atoms with Gasteiger partial charge in [-0.05, 0) is 35.7 Å². The number of hydrogen-bond donors (Lipinski definition) is 0. The molecule has 7 nitrogen and oxygen atoms in total. The summed E-state index contributed by atoms with van der Waals surface area (Å²) in [5.74, 6) is -0.0641. The first kappa shape index (κ1) is 21.1. The first-order chi connectivity index (χ1) is 14.4. The topological polar surface area (TPSA) is 76.2 Å². The van der Waals surface area contributed by atoms with Crippen molar-refractivity contribution < 1.29 is 22.7 Å². The van der Waals surface area contributed by atoms with Gasteiger partial charge in [0.25, 0.3) is 5.91 Å². The number of rotatable bonds is 5. The first-order valence-corrected chi connectivity index (χ1v) is 11.6. The molecule has 0 spiro atoms. The molecular formula is C21H23ClN2O5S. The summed E-state index contributed by atoms with van der Waals surface area (Å²) in [6.07, 6.45) is 0.791. The quantitative estimate of drug-likeness (QED) is 0.698. The molecule has 1 fully saturated rings. The Morgan fingerprint density at radius 2 is 1.80 bits per heavy atom. The first-order valence-electron chi connectivity index (χ1n) is 9.80. The predicted molar refractivity (Wildman–Crippen MR) is 112 cm³/mol. The van der Waals surface area contributed by atoms with Crippen molar-refractivity contribution in [2.45, 2.75) is 17.9 Å². The van der Waals surface area contributed by atoms with Crippen LogP contribution in [0.15, 0.2) is 47.4 Å². The Morgan fingerprint density at radius 1 is 1.07 bits per heavy atom. The molecule has 0 unspecified atom stereocenters. The van der Waals surface area contributed by atoms with E-state index in [1.54, 1.807) is 11.0 Å². The van der Waals surface area contributed by atoms with Gasteiger partial charge in [-0.15, -0.1) is 0 Å². The molecule has 0 saturated carbocycles. The summed E-state index contributed by atoms with van der Waals surface area (Å²) in [7, 11) is -3.81. The maximum absolute atomic E-state index is 13.1. The summed E-state index contributed by atoms with van der Waals surface area (Å²) < 4.78 is 38.4. The summed E-state index contributed by atoms with van der Waals surface area (Å²) in [4.78, 5) is 14.4. The van der Waals surface area contributed by atoms with E-state index < -0.39 is 10.0 Å². The molecule has 0 aromatic heterocycles. The Morgan fingerprint density at radius 3 is 2.57 bits per heavy atom. The van der Waals surface area contributed by atoms with E-state index in [0.717, 1.165) is 12.0 Å². The average molecular weight is 451 g/mol. The highest BCUT2D eigenvalue weighted by molar-refractivity contribution is 7.89. The minimum atomic E-state index is -3.81. The van der Waals surface area contributed by atoms with Gasteiger partial charge in [0.2, 0.25) is 10.0 Å². The normalized spacial score (nSPS) is 17.4. The van der Waals surface area contributed by atoms with Gasteiger partial charge in [0, 0.05) is 31.2 Å². The van der Waals surface area contributed by atoms with Crippen LogP contribution in [0.25, 0.3) is 0 Å². The van der Waals surface area contributed by atoms with Crippen molar-refractivity contribution in [3.8, 4) is 5.75 Å². The van der Waals surface area contributed by atoms with Crippen molar-refractivity contribution in [2.75, 3.05) is 39.5 Å². The molecule has 2 heterocycles. The lowest BCUT2D eigenvalue weighted by Gasteiger charge is -2.29. The number of hydrogen-bond acceptors (Lipinski definition) is 5. The molecule has 4 rings (SSSR count). The Bertz CT molecular complexity index is 1040. The highest BCUT2D eigenvalue weighted by Gasteiger charge is 2.30. The van der Waals surface area contributed by atoms with Crippen LogP contribution in [0.3, 0.4) is 0 Å². The van der Waals surface area contributed by atoms with Gasteiger partial charge in [-0.2, -0.15) is 4.31 Å². The zero-order valence-electron chi connectivity index (χ0n) is 16.4. The third kappa shape index (κ3) is 4.46. The molecule has 2 aliphatic heterocycles. The minimum Gasteiger partial charge on any atom is -0.482 e. The lowest BCUT2D eigenvalue weighted by molar-refractivity contribution is -0.134. The second-order valence-corrected chi connectivity index (χ2v) is 9.57. The summed E-state index contributed by atoms with van der Waals surface area (Å²) >= 11 is 6.06. The van der Waals surface area contributed by atoms with Gasteiger partial charge in [-0.3, -0.25) is 4.79 Å². The number of halogens is 1. The second kappa shape index (κ2) is 8.93. The van der Waals surface area contributed by atoms with Crippen LogP contribution >= 0.6 is 11.6 Å². The fourth-order valence-corrected chi connectivity index (χ4v) is 5.47. The summed E-state index contributed by atoms with van der Waals surface area (Å²) in [6, 6.07) is 12.5. The molecule has 9 heteroatoms. The van der Waals surface area contributed by atoms with Crippen LogP contribution in [0.2, 0.25) is 5.02 Å². The molecule has 2 aromatic rings. The van der Waals surface area contributed by atoms with Gasteiger partial charge in [0.05, 0.1) is 13.2 Å². The third-order valence-corrected chi connectivity index (χ3v) is 7.48. The van der Waals surface area contributed by atoms with Crippen molar-refractivity contribution in [1.82, 2.24) is 9.21 Å². The van der Waals surface area contributed by atoms with Crippen molar-refractivity contribution in [3.05, 3.63) is 58.6 Å². The number of benzene rings is 2. The molecule has 0 bridgehead atoms. The minimum absolute atomic E-state index is 0.0336. The largest absolute Gasteiger partial charge is 0.482 e. The highest BCUT2D eigenvalue weighted by Crippen LogP contribution is 2.30. The smallest absolute Gasteiger partial charge is 0.260 e. The van der Waals surface area contributed by atoms with Crippen LogP contribution in [0.1, 0.15) is 11.1 Å². The molecule has 2 aromatic carbocycles. The Labute approximate surface area is 181 Å². The standard InChI is InChI=1S/C21H23ClN2O5S/c22-18-5-6-19(20(13-18)30(26,27)24-9-11-28-12-10-24)29-15-21(25)23-8-7-16-3-1-2-4-17(16)14-23/h1-6,13H,7-12,14-15H2. The molecule has 1 amide bonds. The number of fused-ring (bicyclic) bond motifs is 1. The summed E-state index contributed by atoms with van der Waals surface area (Å²) in [6.45, 7) is 2.10. The zero-order chi connectivity index (χ0) is 21.1. The van der Waals surface area contributed by atoms with E-state index in [9.17, 15) is 13.2 Å². The van der Waals surface area contributed by atoms with Gasteiger partial charge in [-0.1, -0.05) is 35.9 Å². The third-order valence-electron chi connectivity index (χ3n) is 5.33. The second-order valence-electron chi connectivity index (χ2n) is 7.23. The Balaban J connectivity index is 1.48.